The van der Waals surface area contributed by atoms with E-state index < -0.39 is 34.6 Å². The molecule has 136 valence electrons. The van der Waals surface area contributed by atoms with Gasteiger partial charge in [-0.15, -0.1) is 0 Å². The van der Waals surface area contributed by atoms with E-state index >= 15 is 0 Å². The molecule has 0 aromatic rings. The summed E-state index contributed by atoms with van der Waals surface area (Å²) in [5.41, 5.74) is 0. The molecule has 0 aromatic heterocycles. The highest BCUT2D eigenvalue weighted by atomic mass is 32.2. The Bertz CT molecular complexity index is 412. The molecule has 23 heavy (non-hydrogen) atoms. The van der Waals surface area contributed by atoms with Gasteiger partial charge in [0.15, 0.2) is 0 Å². The molecule has 1 saturated carbocycles. The fourth-order valence-corrected chi connectivity index (χ4v) is 2.93. The number of carbonyl (C=O) groups excluding carboxylic acids is 1. The molecule has 1 atom stereocenters. The average Bonchev–Trinajstić information content (AvgIpc) is 2.47. The second-order valence-corrected chi connectivity index (χ2v) is 6.82. The minimum absolute atomic E-state index is 0.0203. The number of hydrogen-bond acceptors (Lipinski definition) is 4. The van der Waals surface area contributed by atoms with Crippen LogP contribution in [0.2, 0.25) is 0 Å². The molecule has 0 aliphatic heterocycles. The van der Waals surface area contributed by atoms with Gasteiger partial charge in [-0.25, -0.2) is 0 Å². The highest BCUT2D eigenvalue weighted by Crippen LogP contribution is 2.40. The van der Waals surface area contributed by atoms with E-state index in [1.165, 1.54) is 6.42 Å². The predicted molar refractivity (Wildman–Crippen MR) is 74.8 cm³/mol. The lowest BCUT2D eigenvalue weighted by Crippen LogP contribution is -2.43. The number of unbranched alkanes of at least 4 members (excludes halogenated alkanes) is 1. The van der Waals surface area contributed by atoms with Gasteiger partial charge in [0.2, 0.25) is 0 Å². The molecule has 1 fully saturated rings. The van der Waals surface area contributed by atoms with Gasteiger partial charge in [-0.3, -0.25) is 9.00 Å². The zero-order chi connectivity index (χ0) is 17.5. The van der Waals surface area contributed by atoms with E-state index in [1.54, 1.807) is 0 Å². The second-order valence-electron chi connectivity index (χ2n) is 5.84. The number of hydrogen-bond donors (Lipinski definition) is 0. The summed E-state index contributed by atoms with van der Waals surface area (Å²) in [5, 5.41) is -5.09. The normalized spacial score (nSPS) is 18.7. The van der Waals surface area contributed by atoms with Crippen molar-refractivity contribution in [2.24, 2.45) is 5.92 Å². The number of rotatable bonds is 9. The average molecular weight is 361 g/mol. The minimum atomic E-state index is -5.09. The smallest absolute Gasteiger partial charge is 0.371 e. The topological polar surface area (TPSA) is 66.4 Å². The summed E-state index contributed by atoms with van der Waals surface area (Å²) >= 11 is -4.18. The van der Waals surface area contributed by atoms with Gasteiger partial charge >= 0.3 is 17.1 Å². The molecule has 9 heteroatoms. The van der Waals surface area contributed by atoms with Crippen LogP contribution < -0.4 is 0 Å². The maximum atomic E-state index is 13.1. The van der Waals surface area contributed by atoms with E-state index in [1.807, 2.05) is 0 Å². The highest BCUT2D eigenvalue weighted by Gasteiger charge is 2.56. The molecule has 1 rings (SSSR count). The molecule has 0 bridgehead atoms. The largest absolute Gasteiger partial charge is 0.768 e. The van der Waals surface area contributed by atoms with Crippen molar-refractivity contribution in [2.75, 3.05) is 6.61 Å². The predicted octanol–water partition coefficient (Wildman–Crippen LogP) is 3.78. The van der Waals surface area contributed by atoms with Gasteiger partial charge in [0.05, 0.1) is 6.61 Å². The van der Waals surface area contributed by atoms with Crippen LogP contribution in [0.25, 0.3) is 0 Å². The monoisotopic (exact) mass is 361 g/mol. The van der Waals surface area contributed by atoms with Crippen LogP contribution in [0.3, 0.4) is 0 Å². The first-order valence-corrected chi connectivity index (χ1v) is 8.75. The van der Waals surface area contributed by atoms with Gasteiger partial charge in [-0.2, -0.15) is 17.6 Å². The molecule has 0 saturated heterocycles. The van der Waals surface area contributed by atoms with Gasteiger partial charge < -0.3 is 9.29 Å². The zero-order valence-corrected chi connectivity index (χ0v) is 13.5. The van der Waals surface area contributed by atoms with E-state index in [4.69, 9.17) is 4.74 Å². The van der Waals surface area contributed by atoms with Gasteiger partial charge in [0.25, 0.3) is 0 Å². The van der Waals surface area contributed by atoms with Crippen LogP contribution in [-0.2, 0) is 20.6 Å². The summed E-state index contributed by atoms with van der Waals surface area (Å²) in [6, 6.07) is 0. The van der Waals surface area contributed by atoms with Gasteiger partial charge in [-0.05, 0) is 31.6 Å². The Kier molecular flexibility index (Phi) is 7.93. The summed E-state index contributed by atoms with van der Waals surface area (Å²) in [5.74, 6) is -4.74. The summed E-state index contributed by atoms with van der Waals surface area (Å²) in [6.45, 7) is -0.131. The Labute approximate surface area is 135 Å². The number of carbonyl (C=O) groups is 1. The molecule has 0 spiro atoms. The van der Waals surface area contributed by atoms with Crippen molar-refractivity contribution in [3.05, 3.63) is 0 Å². The Morgan fingerprint density at radius 1 is 1.13 bits per heavy atom. The molecule has 0 radical (unpaired) electrons. The molecule has 4 nitrogen and oxygen atoms in total. The third-order valence-electron chi connectivity index (χ3n) is 3.96. The van der Waals surface area contributed by atoms with Crippen LogP contribution in [-0.4, -0.2) is 32.5 Å². The Morgan fingerprint density at radius 3 is 2.30 bits per heavy atom. The fourth-order valence-electron chi connectivity index (χ4n) is 2.59. The van der Waals surface area contributed by atoms with Crippen molar-refractivity contribution in [3.8, 4) is 0 Å². The van der Waals surface area contributed by atoms with Crippen molar-refractivity contribution in [2.45, 2.75) is 69.0 Å². The number of esters is 1. The first-order chi connectivity index (χ1) is 10.7. The minimum Gasteiger partial charge on any atom is -0.768 e. The van der Waals surface area contributed by atoms with E-state index in [0.717, 1.165) is 25.7 Å². The number of ether oxygens (including phenoxy) is 1. The Balaban J connectivity index is 2.19. The van der Waals surface area contributed by atoms with Crippen LogP contribution >= 0.6 is 0 Å². The van der Waals surface area contributed by atoms with Crippen molar-refractivity contribution in [1.82, 2.24) is 0 Å². The summed E-state index contributed by atoms with van der Waals surface area (Å²) in [7, 11) is 0. The summed E-state index contributed by atoms with van der Waals surface area (Å²) in [4.78, 5) is 11.5. The van der Waals surface area contributed by atoms with E-state index in [0.29, 0.717) is 12.3 Å². The van der Waals surface area contributed by atoms with Crippen molar-refractivity contribution >= 4 is 17.0 Å². The van der Waals surface area contributed by atoms with Gasteiger partial charge in [-0.1, -0.05) is 19.3 Å². The van der Waals surface area contributed by atoms with E-state index in [-0.39, 0.29) is 19.4 Å². The van der Waals surface area contributed by atoms with Crippen molar-refractivity contribution in [1.29, 1.82) is 0 Å². The maximum absolute atomic E-state index is 13.1. The SMILES string of the molecule is O=C(CC1CCCCC1)OCCCCC(F)(F)C(F)(F)S(=O)[O-]. The summed E-state index contributed by atoms with van der Waals surface area (Å²) in [6.07, 6.45) is 3.91. The van der Waals surface area contributed by atoms with E-state index in [9.17, 15) is 31.1 Å². The van der Waals surface area contributed by atoms with Crippen LogP contribution in [0.5, 0.6) is 0 Å². The molecule has 1 aliphatic rings. The van der Waals surface area contributed by atoms with Gasteiger partial charge in [0, 0.05) is 23.9 Å². The van der Waals surface area contributed by atoms with Crippen LogP contribution in [0, 0.1) is 5.92 Å². The summed E-state index contributed by atoms with van der Waals surface area (Å²) < 4.78 is 76.9. The maximum Gasteiger partial charge on any atom is 0.371 e. The second kappa shape index (κ2) is 8.96. The third kappa shape index (κ3) is 6.37. The van der Waals surface area contributed by atoms with Gasteiger partial charge in [0.1, 0.15) is 0 Å². The lowest BCUT2D eigenvalue weighted by molar-refractivity contribution is -0.162. The highest BCUT2D eigenvalue weighted by molar-refractivity contribution is 7.80. The molecule has 0 amide bonds. The van der Waals surface area contributed by atoms with Crippen LogP contribution in [0.4, 0.5) is 17.6 Å². The molecule has 1 aliphatic carbocycles. The number of alkyl halides is 4. The Morgan fingerprint density at radius 2 is 1.74 bits per heavy atom. The lowest BCUT2D eigenvalue weighted by atomic mass is 9.87. The molecular weight excluding hydrogens is 340 g/mol. The quantitative estimate of drug-likeness (QED) is 0.271. The first-order valence-electron chi connectivity index (χ1n) is 7.67. The molecule has 0 N–H and O–H groups in total. The molecular formula is C14H21F4O4S-. The van der Waals surface area contributed by atoms with Crippen LogP contribution in [0.1, 0.15) is 57.8 Å². The third-order valence-corrected chi connectivity index (χ3v) is 4.68. The number of halogens is 4. The molecule has 0 aromatic carbocycles. The molecule has 1 unspecified atom stereocenters. The molecule has 0 heterocycles. The van der Waals surface area contributed by atoms with Crippen LogP contribution in [0.15, 0.2) is 0 Å². The zero-order valence-electron chi connectivity index (χ0n) is 12.7. The standard InChI is InChI=1S/C14H22F4O4S/c15-13(16,14(17,18)23(20)21)8-4-5-9-22-12(19)10-11-6-2-1-3-7-11/h11H,1-10H2,(H,20,21)/p-1. The fraction of sp³-hybridized carbons (Fsp3) is 0.929. The van der Waals surface area contributed by atoms with Crippen molar-refractivity contribution < 1.29 is 35.9 Å². The Hall–Kier alpha value is -0.700. The van der Waals surface area contributed by atoms with Crippen molar-refractivity contribution in [3.63, 3.8) is 0 Å². The van der Waals surface area contributed by atoms with E-state index in [2.05, 4.69) is 0 Å². The first kappa shape index (κ1) is 20.3. The lowest BCUT2D eigenvalue weighted by Gasteiger charge is -2.27.